The van der Waals surface area contributed by atoms with Crippen LogP contribution >= 0.6 is 11.6 Å². The molecule has 0 saturated carbocycles. The zero-order chi connectivity index (χ0) is 18.8. The van der Waals surface area contributed by atoms with Crippen LogP contribution in [0.4, 0.5) is 0 Å². The average molecular weight is 375 g/mol. The van der Waals surface area contributed by atoms with Crippen LogP contribution in [0, 0.1) is 0 Å². The minimum atomic E-state index is -0.706. The van der Waals surface area contributed by atoms with Crippen molar-refractivity contribution in [2.24, 2.45) is 0 Å². The summed E-state index contributed by atoms with van der Waals surface area (Å²) >= 11 is 5.44. The number of ketones is 1. The third-order valence-electron chi connectivity index (χ3n) is 4.23. The lowest BCUT2D eigenvalue weighted by atomic mass is 10.0. The van der Waals surface area contributed by atoms with Gasteiger partial charge >= 0.3 is 5.97 Å². The van der Waals surface area contributed by atoms with Crippen LogP contribution in [0.15, 0.2) is 12.2 Å². The number of rotatable bonds is 18. The van der Waals surface area contributed by atoms with E-state index in [9.17, 15) is 14.7 Å². The number of carbonyl (C=O) groups is 2. The number of aliphatic hydroxyl groups excluding tert-OH is 1. The van der Waals surface area contributed by atoms with Gasteiger partial charge in [-0.15, -0.1) is 11.6 Å². The maximum atomic E-state index is 11.0. The summed E-state index contributed by atoms with van der Waals surface area (Å²) in [5.41, 5.74) is 0. The predicted octanol–water partition coefficient (Wildman–Crippen LogP) is 5.26. The summed E-state index contributed by atoms with van der Waals surface area (Å²) in [6, 6.07) is 0. The number of aliphatic hydroxyl groups is 1. The smallest absolute Gasteiger partial charge is 0.303 e. The highest BCUT2D eigenvalue weighted by Gasteiger charge is 2.02. The molecule has 146 valence electrons. The lowest BCUT2D eigenvalue weighted by Gasteiger charge is -2.07. The Bertz CT molecular complexity index is 369. The third-order valence-corrected chi connectivity index (χ3v) is 4.53. The molecule has 5 heteroatoms. The summed E-state index contributed by atoms with van der Waals surface area (Å²) in [5.74, 6) is -0.467. The quantitative estimate of drug-likeness (QED) is 0.195. The van der Waals surface area contributed by atoms with E-state index >= 15 is 0 Å². The highest BCUT2D eigenvalue weighted by Crippen LogP contribution is 2.11. The topological polar surface area (TPSA) is 74.6 Å². The lowest BCUT2D eigenvalue weighted by molar-refractivity contribution is -0.137. The zero-order valence-corrected chi connectivity index (χ0v) is 16.2. The number of hydrogen-bond donors (Lipinski definition) is 2. The average Bonchev–Trinajstić information content (AvgIpc) is 2.58. The number of carboxylic acid groups (broad SMARTS) is 1. The van der Waals surface area contributed by atoms with Crippen LogP contribution in [-0.4, -0.2) is 33.9 Å². The predicted molar refractivity (Wildman–Crippen MR) is 103 cm³/mol. The van der Waals surface area contributed by atoms with Crippen molar-refractivity contribution in [3.8, 4) is 0 Å². The number of aliphatic carboxylic acids is 1. The first kappa shape index (κ1) is 24.1. The molecule has 0 saturated heterocycles. The van der Waals surface area contributed by atoms with Crippen LogP contribution in [0.25, 0.3) is 0 Å². The van der Waals surface area contributed by atoms with Crippen LogP contribution in [0.5, 0.6) is 0 Å². The molecule has 0 unspecified atom stereocenters. The van der Waals surface area contributed by atoms with E-state index in [1.165, 1.54) is 0 Å². The molecule has 0 aliphatic heterocycles. The fourth-order valence-electron chi connectivity index (χ4n) is 2.68. The van der Waals surface area contributed by atoms with E-state index in [0.717, 1.165) is 70.6 Å². The molecular weight excluding hydrogens is 340 g/mol. The SMILES string of the molecule is O=C(O)CCCCCCCC=CC[C@H](O)CCCCCCC(=O)CCl. The second kappa shape index (κ2) is 17.9. The van der Waals surface area contributed by atoms with Gasteiger partial charge in [0, 0.05) is 12.8 Å². The maximum absolute atomic E-state index is 11.0. The van der Waals surface area contributed by atoms with Gasteiger partial charge in [0.1, 0.15) is 5.78 Å². The Balaban J connectivity index is 3.33. The largest absolute Gasteiger partial charge is 0.481 e. The number of halogens is 1. The van der Waals surface area contributed by atoms with Gasteiger partial charge in [-0.2, -0.15) is 0 Å². The van der Waals surface area contributed by atoms with Gasteiger partial charge in [0.25, 0.3) is 0 Å². The molecule has 0 aromatic heterocycles. The first-order valence-electron chi connectivity index (χ1n) is 9.68. The van der Waals surface area contributed by atoms with Crippen molar-refractivity contribution in [3.05, 3.63) is 12.2 Å². The maximum Gasteiger partial charge on any atom is 0.303 e. The number of alkyl halides is 1. The van der Waals surface area contributed by atoms with Gasteiger partial charge in [0.2, 0.25) is 0 Å². The Kier molecular flexibility index (Phi) is 17.3. The van der Waals surface area contributed by atoms with Crippen molar-refractivity contribution in [2.75, 3.05) is 5.88 Å². The minimum absolute atomic E-state index is 0.118. The Morgan fingerprint density at radius 1 is 0.840 bits per heavy atom. The fourth-order valence-corrected chi connectivity index (χ4v) is 2.81. The molecule has 4 nitrogen and oxygen atoms in total. The van der Waals surface area contributed by atoms with Crippen molar-refractivity contribution in [1.82, 2.24) is 0 Å². The van der Waals surface area contributed by atoms with E-state index in [-0.39, 0.29) is 24.2 Å². The highest BCUT2D eigenvalue weighted by atomic mass is 35.5. The van der Waals surface area contributed by atoms with Crippen LogP contribution in [-0.2, 0) is 9.59 Å². The molecule has 0 rings (SSSR count). The molecule has 0 spiro atoms. The van der Waals surface area contributed by atoms with Crippen molar-refractivity contribution >= 4 is 23.4 Å². The Morgan fingerprint density at radius 3 is 2.12 bits per heavy atom. The van der Waals surface area contributed by atoms with Gasteiger partial charge in [-0.25, -0.2) is 0 Å². The first-order chi connectivity index (χ1) is 12.1. The molecule has 1 atom stereocenters. The molecule has 0 bridgehead atoms. The fraction of sp³-hybridized carbons (Fsp3) is 0.800. The van der Waals surface area contributed by atoms with E-state index in [1.807, 2.05) is 0 Å². The number of Topliss-reactive ketones (excluding diaryl/α,β-unsaturated/α-hetero) is 1. The Labute approximate surface area is 157 Å². The Hall–Kier alpha value is -0.870. The van der Waals surface area contributed by atoms with Gasteiger partial charge in [-0.1, -0.05) is 50.7 Å². The molecule has 0 aromatic carbocycles. The number of hydrogen-bond acceptors (Lipinski definition) is 3. The van der Waals surface area contributed by atoms with Gasteiger partial charge in [0.15, 0.2) is 0 Å². The van der Waals surface area contributed by atoms with E-state index < -0.39 is 5.97 Å². The summed E-state index contributed by atoms with van der Waals surface area (Å²) in [4.78, 5) is 21.4. The zero-order valence-electron chi connectivity index (χ0n) is 15.4. The number of carboxylic acids is 1. The number of carbonyl (C=O) groups excluding carboxylic acids is 1. The van der Waals surface area contributed by atoms with Gasteiger partial charge < -0.3 is 10.2 Å². The van der Waals surface area contributed by atoms with Crippen LogP contribution < -0.4 is 0 Å². The van der Waals surface area contributed by atoms with Crippen LogP contribution in [0.2, 0.25) is 0 Å². The van der Waals surface area contributed by atoms with Crippen LogP contribution in [0.3, 0.4) is 0 Å². The summed E-state index contributed by atoms with van der Waals surface area (Å²) in [6.45, 7) is 0. The molecule has 25 heavy (non-hydrogen) atoms. The summed E-state index contributed by atoms with van der Waals surface area (Å²) in [5, 5.41) is 18.4. The second-order valence-corrected chi connectivity index (χ2v) is 6.95. The molecule has 0 aliphatic carbocycles. The summed E-state index contributed by atoms with van der Waals surface area (Å²) < 4.78 is 0. The molecule has 0 radical (unpaired) electrons. The molecular formula is C20H35ClO4. The van der Waals surface area contributed by atoms with E-state index in [4.69, 9.17) is 16.7 Å². The van der Waals surface area contributed by atoms with E-state index in [0.29, 0.717) is 12.8 Å². The first-order valence-corrected chi connectivity index (χ1v) is 10.2. The van der Waals surface area contributed by atoms with E-state index in [1.54, 1.807) is 0 Å². The molecule has 0 fully saturated rings. The Morgan fingerprint density at radius 2 is 1.44 bits per heavy atom. The molecule has 2 N–H and O–H groups in total. The molecule has 0 aromatic rings. The third kappa shape index (κ3) is 19.3. The van der Waals surface area contributed by atoms with Crippen molar-refractivity contribution < 1.29 is 19.8 Å². The monoisotopic (exact) mass is 374 g/mol. The normalized spacial score (nSPS) is 12.6. The van der Waals surface area contributed by atoms with Crippen molar-refractivity contribution in [3.63, 3.8) is 0 Å². The van der Waals surface area contributed by atoms with Gasteiger partial charge in [-0.05, 0) is 38.5 Å². The van der Waals surface area contributed by atoms with Gasteiger partial charge in [-0.3, -0.25) is 9.59 Å². The summed E-state index contributed by atoms with van der Waals surface area (Å²) in [7, 11) is 0. The lowest BCUT2D eigenvalue weighted by Crippen LogP contribution is -2.04. The van der Waals surface area contributed by atoms with Crippen molar-refractivity contribution in [2.45, 2.75) is 96.0 Å². The molecule has 0 amide bonds. The van der Waals surface area contributed by atoms with Crippen molar-refractivity contribution in [1.29, 1.82) is 0 Å². The number of allylic oxidation sites excluding steroid dienone is 1. The van der Waals surface area contributed by atoms with E-state index in [2.05, 4.69) is 12.2 Å². The van der Waals surface area contributed by atoms with Crippen LogP contribution in [0.1, 0.15) is 89.9 Å². The molecule has 0 heterocycles. The number of unbranched alkanes of at least 4 members (excludes halogenated alkanes) is 8. The minimum Gasteiger partial charge on any atom is -0.481 e. The van der Waals surface area contributed by atoms with Gasteiger partial charge in [0.05, 0.1) is 12.0 Å². The summed E-state index contributed by atoms with van der Waals surface area (Å²) in [6.07, 6.45) is 16.5. The highest BCUT2D eigenvalue weighted by molar-refractivity contribution is 6.27. The standard InChI is InChI=1S/C20H35ClO4/c21-17-19(23)15-11-8-7-10-14-18(22)13-9-5-3-1-2-4-6-12-16-20(24)25/h5,9,18,22H,1-4,6-8,10-17H2,(H,24,25)/t18-/m0/s1. The molecule has 0 aliphatic rings. The second-order valence-electron chi connectivity index (χ2n) is 6.69.